The predicted molar refractivity (Wildman–Crippen MR) is 64.8 cm³/mol. The molecule has 0 aromatic heterocycles. The summed E-state index contributed by atoms with van der Waals surface area (Å²) in [6.45, 7) is 0. The number of nitrogens with one attached hydrogen (secondary N) is 1. The number of benzene rings is 1. The summed E-state index contributed by atoms with van der Waals surface area (Å²) in [6, 6.07) is 8.65. The van der Waals surface area contributed by atoms with Crippen LogP contribution in [0.15, 0.2) is 24.3 Å². The summed E-state index contributed by atoms with van der Waals surface area (Å²) in [5.41, 5.74) is 7.65. The van der Waals surface area contributed by atoms with Gasteiger partial charge in [0.2, 0.25) is 0 Å². The highest BCUT2D eigenvalue weighted by atomic mass is 32.2. The molecule has 0 aliphatic carbocycles. The number of nitrogen functional groups attached to an aromatic ring is 1. The van der Waals surface area contributed by atoms with Crippen molar-refractivity contribution in [1.82, 2.24) is 0 Å². The second-order valence-corrected chi connectivity index (χ2v) is 4.88. The van der Waals surface area contributed by atoms with Gasteiger partial charge in [0.25, 0.3) is 0 Å². The topological polar surface area (TPSA) is 38.0 Å². The van der Waals surface area contributed by atoms with Crippen LogP contribution in [0.3, 0.4) is 0 Å². The first-order valence-electron chi connectivity index (χ1n) is 5.04. The Morgan fingerprint density at radius 2 is 1.79 bits per heavy atom. The van der Waals surface area contributed by atoms with E-state index < -0.39 is 0 Å². The van der Waals surface area contributed by atoms with Gasteiger partial charge in [-0.1, -0.05) is 0 Å². The molecule has 0 spiro atoms. The van der Waals surface area contributed by atoms with Crippen molar-refractivity contribution < 1.29 is 0 Å². The van der Waals surface area contributed by atoms with Crippen LogP contribution in [0.25, 0.3) is 0 Å². The van der Waals surface area contributed by atoms with Gasteiger partial charge in [0, 0.05) is 17.4 Å². The van der Waals surface area contributed by atoms with Gasteiger partial charge in [0.1, 0.15) is 0 Å². The molecule has 3 N–H and O–H groups in total. The molecule has 2 rings (SSSR count). The molecule has 3 heteroatoms. The second-order valence-electron chi connectivity index (χ2n) is 3.65. The lowest BCUT2D eigenvalue weighted by Gasteiger charge is -2.23. The van der Waals surface area contributed by atoms with Crippen molar-refractivity contribution in [2.24, 2.45) is 0 Å². The zero-order chi connectivity index (χ0) is 9.80. The molecule has 0 radical (unpaired) electrons. The molecule has 1 aromatic rings. The smallest absolute Gasteiger partial charge is 0.0343 e. The molecule has 1 saturated heterocycles. The number of thioether (sulfide) groups is 1. The van der Waals surface area contributed by atoms with Crippen LogP contribution < -0.4 is 11.1 Å². The summed E-state index contributed by atoms with van der Waals surface area (Å²) in [6.07, 6.45) is 2.55. The van der Waals surface area contributed by atoms with Gasteiger partial charge in [-0.15, -0.1) is 0 Å². The standard InChI is InChI=1S/C11H16N2S/c12-9-1-3-10(4-2-9)13-11-5-7-14-8-6-11/h1-4,11,13H,5-8,12H2. The Morgan fingerprint density at radius 1 is 1.14 bits per heavy atom. The van der Waals surface area contributed by atoms with Crippen molar-refractivity contribution in [3.05, 3.63) is 24.3 Å². The van der Waals surface area contributed by atoms with Crippen molar-refractivity contribution in [2.75, 3.05) is 22.6 Å². The number of rotatable bonds is 2. The number of hydrogen-bond donors (Lipinski definition) is 2. The minimum Gasteiger partial charge on any atom is -0.399 e. The van der Waals surface area contributed by atoms with E-state index in [1.54, 1.807) is 0 Å². The molecule has 1 aliphatic heterocycles. The van der Waals surface area contributed by atoms with E-state index >= 15 is 0 Å². The number of nitrogens with two attached hydrogens (primary N) is 1. The average Bonchev–Trinajstić information content (AvgIpc) is 2.23. The second kappa shape index (κ2) is 4.60. The third-order valence-corrected chi connectivity index (χ3v) is 3.55. The predicted octanol–water partition coefficient (Wildman–Crippen LogP) is 2.58. The fourth-order valence-corrected chi connectivity index (χ4v) is 2.76. The van der Waals surface area contributed by atoms with Gasteiger partial charge in [-0.05, 0) is 48.6 Å². The Morgan fingerprint density at radius 3 is 2.43 bits per heavy atom. The Labute approximate surface area is 89.3 Å². The van der Waals surface area contributed by atoms with Crippen LogP contribution in [0.5, 0.6) is 0 Å². The molecule has 14 heavy (non-hydrogen) atoms. The molecule has 76 valence electrons. The fraction of sp³-hybridized carbons (Fsp3) is 0.455. The molecule has 0 amide bonds. The normalized spacial score (nSPS) is 18.0. The van der Waals surface area contributed by atoms with E-state index in [-0.39, 0.29) is 0 Å². The molecule has 1 heterocycles. The number of hydrogen-bond acceptors (Lipinski definition) is 3. The Balaban J connectivity index is 1.92. The molecule has 1 aliphatic rings. The summed E-state index contributed by atoms with van der Waals surface area (Å²) in [4.78, 5) is 0. The van der Waals surface area contributed by atoms with E-state index in [1.165, 1.54) is 30.0 Å². The molecule has 0 atom stereocenters. The Hall–Kier alpha value is -0.830. The van der Waals surface area contributed by atoms with Crippen LogP contribution in [-0.4, -0.2) is 17.5 Å². The summed E-state index contributed by atoms with van der Waals surface area (Å²) in [5.74, 6) is 2.57. The van der Waals surface area contributed by atoms with Crippen LogP contribution in [0.1, 0.15) is 12.8 Å². The van der Waals surface area contributed by atoms with Crippen molar-refractivity contribution in [3.8, 4) is 0 Å². The number of anilines is 2. The molecule has 0 saturated carbocycles. The lowest BCUT2D eigenvalue weighted by Crippen LogP contribution is -2.24. The molecular weight excluding hydrogens is 192 g/mol. The van der Waals surface area contributed by atoms with Gasteiger partial charge in [-0.25, -0.2) is 0 Å². The Kier molecular flexibility index (Phi) is 3.19. The molecule has 2 nitrogen and oxygen atoms in total. The van der Waals surface area contributed by atoms with Gasteiger partial charge >= 0.3 is 0 Å². The third-order valence-electron chi connectivity index (χ3n) is 2.50. The quantitative estimate of drug-likeness (QED) is 0.734. The maximum atomic E-state index is 5.63. The van der Waals surface area contributed by atoms with E-state index in [0.717, 1.165) is 5.69 Å². The van der Waals surface area contributed by atoms with Crippen LogP contribution in [0.2, 0.25) is 0 Å². The first-order valence-corrected chi connectivity index (χ1v) is 6.20. The summed E-state index contributed by atoms with van der Waals surface area (Å²) in [5, 5.41) is 3.54. The van der Waals surface area contributed by atoms with Crippen LogP contribution in [-0.2, 0) is 0 Å². The van der Waals surface area contributed by atoms with Gasteiger partial charge in [-0.3, -0.25) is 0 Å². The average molecular weight is 208 g/mol. The van der Waals surface area contributed by atoms with Crippen LogP contribution in [0.4, 0.5) is 11.4 Å². The van der Waals surface area contributed by atoms with E-state index in [4.69, 9.17) is 5.73 Å². The monoisotopic (exact) mass is 208 g/mol. The van der Waals surface area contributed by atoms with Crippen molar-refractivity contribution in [3.63, 3.8) is 0 Å². The maximum Gasteiger partial charge on any atom is 0.0343 e. The minimum absolute atomic E-state index is 0.653. The first kappa shape index (κ1) is 9.71. The van der Waals surface area contributed by atoms with Gasteiger partial charge in [0.15, 0.2) is 0 Å². The molecular formula is C11H16N2S. The van der Waals surface area contributed by atoms with Gasteiger partial charge in [0.05, 0.1) is 0 Å². The zero-order valence-electron chi connectivity index (χ0n) is 8.20. The summed E-state index contributed by atoms with van der Waals surface area (Å²) >= 11 is 2.05. The fourth-order valence-electron chi connectivity index (χ4n) is 1.66. The van der Waals surface area contributed by atoms with Crippen molar-refractivity contribution >= 4 is 23.1 Å². The zero-order valence-corrected chi connectivity index (χ0v) is 9.02. The molecule has 0 unspecified atom stereocenters. The Bertz CT molecular complexity index is 278. The molecule has 1 aromatic carbocycles. The maximum absolute atomic E-state index is 5.63. The van der Waals surface area contributed by atoms with Gasteiger partial charge < -0.3 is 11.1 Å². The molecule has 0 bridgehead atoms. The van der Waals surface area contributed by atoms with E-state index in [1.807, 2.05) is 12.1 Å². The van der Waals surface area contributed by atoms with Crippen LogP contribution in [0, 0.1) is 0 Å². The van der Waals surface area contributed by atoms with E-state index in [9.17, 15) is 0 Å². The lowest BCUT2D eigenvalue weighted by atomic mass is 10.1. The summed E-state index contributed by atoms with van der Waals surface area (Å²) < 4.78 is 0. The first-order chi connectivity index (χ1) is 6.84. The van der Waals surface area contributed by atoms with Crippen molar-refractivity contribution in [1.29, 1.82) is 0 Å². The van der Waals surface area contributed by atoms with E-state index in [0.29, 0.717) is 6.04 Å². The SMILES string of the molecule is Nc1ccc(NC2CCSCC2)cc1. The van der Waals surface area contributed by atoms with Crippen LogP contribution >= 0.6 is 11.8 Å². The summed E-state index contributed by atoms with van der Waals surface area (Å²) in [7, 11) is 0. The lowest BCUT2D eigenvalue weighted by molar-refractivity contribution is 0.667. The third kappa shape index (κ3) is 2.58. The van der Waals surface area contributed by atoms with Gasteiger partial charge in [-0.2, -0.15) is 11.8 Å². The molecule has 1 fully saturated rings. The largest absolute Gasteiger partial charge is 0.399 e. The minimum atomic E-state index is 0.653. The highest BCUT2D eigenvalue weighted by molar-refractivity contribution is 7.99. The van der Waals surface area contributed by atoms with E-state index in [2.05, 4.69) is 29.2 Å². The van der Waals surface area contributed by atoms with Crippen molar-refractivity contribution in [2.45, 2.75) is 18.9 Å². The highest BCUT2D eigenvalue weighted by Crippen LogP contribution is 2.21. The highest BCUT2D eigenvalue weighted by Gasteiger charge is 2.12.